The van der Waals surface area contributed by atoms with Gasteiger partial charge >= 0.3 is 0 Å². The Morgan fingerprint density at radius 2 is 1.95 bits per heavy atom. The highest BCUT2D eigenvalue weighted by molar-refractivity contribution is 6.37. The third-order valence-electron chi connectivity index (χ3n) is 7.07. The SMILES string of the molecule is CON=C(C)C(=O)N1CCC(Cc2cc(C(=O)NC[C@H](O)CN3CCc4ccccc4C3)ncn2)CC1. The number of hydrogen-bond acceptors (Lipinski definition) is 8. The van der Waals surface area contributed by atoms with Crippen LogP contribution >= 0.6 is 0 Å². The second-order valence-corrected chi connectivity index (χ2v) is 9.81. The number of carbonyl (C=O) groups excluding carboxylic acids is 2. The summed E-state index contributed by atoms with van der Waals surface area (Å²) in [6, 6.07) is 10.1. The summed E-state index contributed by atoms with van der Waals surface area (Å²) in [7, 11) is 1.43. The second kappa shape index (κ2) is 12.7. The number of aliphatic hydroxyl groups is 1. The van der Waals surface area contributed by atoms with Crippen molar-refractivity contribution in [3.63, 3.8) is 0 Å². The van der Waals surface area contributed by atoms with Crippen molar-refractivity contribution in [3.8, 4) is 0 Å². The summed E-state index contributed by atoms with van der Waals surface area (Å²) < 4.78 is 0. The highest BCUT2D eigenvalue weighted by atomic mass is 16.6. The molecule has 0 spiro atoms. The Morgan fingerprint density at radius 3 is 2.70 bits per heavy atom. The summed E-state index contributed by atoms with van der Waals surface area (Å²) in [5.74, 6) is -0.0559. The molecular weight excluding hydrogens is 472 g/mol. The van der Waals surface area contributed by atoms with Crippen LogP contribution in [0.25, 0.3) is 0 Å². The van der Waals surface area contributed by atoms with Crippen molar-refractivity contribution in [1.29, 1.82) is 0 Å². The molecule has 2 N–H and O–H groups in total. The Bertz CT molecular complexity index is 1120. The first-order chi connectivity index (χ1) is 17.9. The molecule has 1 aromatic heterocycles. The highest BCUT2D eigenvalue weighted by Crippen LogP contribution is 2.22. The predicted molar refractivity (Wildman–Crippen MR) is 139 cm³/mol. The summed E-state index contributed by atoms with van der Waals surface area (Å²) in [5.41, 5.74) is 4.11. The van der Waals surface area contributed by atoms with Gasteiger partial charge < -0.3 is 20.2 Å². The van der Waals surface area contributed by atoms with Crippen LogP contribution in [0, 0.1) is 5.92 Å². The number of fused-ring (bicyclic) bond motifs is 1. The fraction of sp³-hybridized carbons (Fsp3) is 0.519. The molecule has 10 nitrogen and oxygen atoms in total. The molecule has 1 fully saturated rings. The van der Waals surface area contributed by atoms with Crippen LogP contribution in [0.5, 0.6) is 0 Å². The summed E-state index contributed by atoms with van der Waals surface area (Å²) in [5, 5.41) is 17.0. The van der Waals surface area contributed by atoms with Gasteiger partial charge in [0.05, 0.1) is 6.10 Å². The maximum absolute atomic E-state index is 12.7. The smallest absolute Gasteiger partial charge is 0.271 e. The van der Waals surface area contributed by atoms with E-state index in [1.807, 2.05) is 6.07 Å². The highest BCUT2D eigenvalue weighted by Gasteiger charge is 2.25. The Hall–Kier alpha value is -3.37. The maximum Gasteiger partial charge on any atom is 0.271 e. The van der Waals surface area contributed by atoms with Gasteiger partial charge in [0, 0.05) is 45.0 Å². The lowest BCUT2D eigenvalue weighted by molar-refractivity contribution is -0.125. The molecule has 1 aromatic carbocycles. The first kappa shape index (κ1) is 26.7. The average molecular weight is 509 g/mol. The van der Waals surface area contributed by atoms with E-state index in [4.69, 9.17) is 4.84 Å². The van der Waals surface area contributed by atoms with E-state index < -0.39 is 6.10 Å². The Labute approximate surface area is 217 Å². The minimum absolute atomic E-state index is 0.103. The summed E-state index contributed by atoms with van der Waals surface area (Å²) in [6.07, 6.45) is 4.14. The van der Waals surface area contributed by atoms with Crippen molar-refractivity contribution < 1.29 is 19.5 Å². The van der Waals surface area contributed by atoms with Crippen molar-refractivity contribution in [2.24, 2.45) is 11.1 Å². The van der Waals surface area contributed by atoms with Gasteiger partial charge in [0.1, 0.15) is 24.8 Å². The van der Waals surface area contributed by atoms with E-state index in [0.29, 0.717) is 37.0 Å². The number of nitrogens with zero attached hydrogens (tertiary/aromatic N) is 5. The quantitative estimate of drug-likeness (QED) is 0.388. The van der Waals surface area contributed by atoms with Crippen molar-refractivity contribution in [3.05, 3.63) is 59.2 Å². The Balaban J connectivity index is 1.22. The first-order valence-corrected chi connectivity index (χ1v) is 12.9. The lowest BCUT2D eigenvalue weighted by Crippen LogP contribution is -2.42. The lowest BCUT2D eigenvalue weighted by atomic mass is 9.91. The maximum atomic E-state index is 12.7. The normalized spacial score (nSPS) is 17.7. The molecule has 10 heteroatoms. The molecule has 1 atom stereocenters. The van der Waals surface area contributed by atoms with Crippen LogP contribution in [-0.4, -0.2) is 88.3 Å². The zero-order valence-electron chi connectivity index (χ0n) is 21.6. The van der Waals surface area contributed by atoms with Crippen molar-refractivity contribution in [1.82, 2.24) is 25.1 Å². The number of likely N-dealkylation sites (tertiary alicyclic amines) is 1. The van der Waals surface area contributed by atoms with Crippen molar-refractivity contribution >= 4 is 17.5 Å². The predicted octanol–water partition coefficient (Wildman–Crippen LogP) is 1.43. The van der Waals surface area contributed by atoms with Crippen molar-refractivity contribution in [2.45, 2.75) is 45.3 Å². The molecule has 3 heterocycles. The van der Waals surface area contributed by atoms with Gasteiger partial charge in [-0.15, -0.1) is 0 Å². The second-order valence-electron chi connectivity index (χ2n) is 9.81. The van der Waals surface area contributed by atoms with Gasteiger partial charge in [-0.05, 0) is 55.7 Å². The standard InChI is InChI=1S/C27H36N6O4/c1-19(31-37-2)27(36)33-11-7-20(8-12-33)13-23-14-25(30-18-29-23)26(35)28-15-24(34)17-32-10-9-21-5-3-4-6-22(21)16-32/h3-6,14,18,20,24,34H,7-13,15-17H2,1-2H3,(H,28,35)/t24-/m0/s1. The van der Waals surface area contributed by atoms with Crippen LogP contribution in [0.4, 0.5) is 0 Å². The molecule has 0 radical (unpaired) electrons. The number of amides is 2. The summed E-state index contributed by atoms with van der Waals surface area (Å²) >= 11 is 0. The number of piperidine rings is 1. The molecule has 2 aliphatic heterocycles. The molecule has 0 unspecified atom stereocenters. The molecule has 37 heavy (non-hydrogen) atoms. The van der Waals surface area contributed by atoms with E-state index >= 15 is 0 Å². The molecule has 2 aromatic rings. The average Bonchev–Trinajstić information content (AvgIpc) is 2.92. The number of hydrogen-bond donors (Lipinski definition) is 2. The van der Waals surface area contributed by atoms with E-state index in [-0.39, 0.29) is 18.4 Å². The molecule has 0 saturated carbocycles. The zero-order chi connectivity index (χ0) is 26.2. The number of aromatic nitrogens is 2. The van der Waals surface area contributed by atoms with Gasteiger partial charge in [0.25, 0.3) is 11.8 Å². The van der Waals surface area contributed by atoms with Gasteiger partial charge in [0.15, 0.2) is 0 Å². The van der Waals surface area contributed by atoms with Gasteiger partial charge in [-0.1, -0.05) is 29.4 Å². The van der Waals surface area contributed by atoms with Gasteiger partial charge in [-0.25, -0.2) is 9.97 Å². The van der Waals surface area contributed by atoms with Crippen LogP contribution in [0.1, 0.15) is 47.1 Å². The molecule has 4 rings (SSSR count). The van der Waals surface area contributed by atoms with E-state index in [2.05, 4.69) is 43.5 Å². The monoisotopic (exact) mass is 508 g/mol. The minimum Gasteiger partial charge on any atom is -0.399 e. The number of aliphatic hydroxyl groups excluding tert-OH is 1. The third-order valence-corrected chi connectivity index (χ3v) is 7.07. The molecule has 2 aliphatic rings. The molecule has 198 valence electrons. The van der Waals surface area contributed by atoms with E-state index in [1.165, 1.54) is 24.6 Å². The largest absolute Gasteiger partial charge is 0.399 e. The summed E-state index contributed by atoms with van der Waals surface area (Å²) in [6.45, 7) is 5.32. The fourth-order valence-electron chi connectivity index (χ4n) is 5.05. The van der Waals surface area contributed by atoms with E-state index in [0.717, 1.165) is 44.5 Å². The van der Waals surface area contributed by atoms with Gasteiger partial charge in [-0.3, -0.25) is 14.5 Å². The number of benzene rings is 1. The van der Waals surface area contributed by atoms with Gasteiger partial charge in [0.2, 0.25) is 0 Å². The van der Waals surface area contributed by atoms with Crippen LogP contribution in [0.3, 0.4) is 0 Å². The minimum atomic E-state index is -0.666. The first-order valence-electron chi connectivity index (χ1n) is 12.9. The van der Waals surface area contributed by atoms with Crippen LogP contribution in [0.2, 0.25) is 0 Å². The van der Waals surface area contributed by atoms with Crippen LogP contribution in [0.15, 0.2) is 41.8 Å². The van der Waals surface area contributed by atoms with Gasteiger partial charge in [-0.2, -0.15) is 0 Å². The number of rotatable bonds is 9. The third kappa shape index (κ3) is 7.33. The number of carbonyl (C=O) groups is 2. The topological polar surface area (TPSA) is 120 Å². The molecule has 0 aliphatic carbocycles. The molecular formula is C27H36N6O4. The Kier molecular flexibility index (Phi) is 9.19. The number of nitrogens with one attached hydrogen (secondary N) is 1. The summed E-state index contributed by atoms with van der Waals surface area (Å²) in [4.78, 5) is 42.3. The van der Waals surface area contributed by atoms with E-state index in [9.17, 15) is 14.7 Å². The molecule has 0 bridgehead atoms. The lowest BCUT2D eigenvalue weighted by Gasteiger charge is -2.31. The van der Waals surface area contributed by atoms with E-state index in [1.54, 1.807) is 17.9 Å². The Morgan fingerprint density at radius 1 is 1.19 bits per heavy atom. The number of β-amino-alcohol motifs (C(OH)–C–C–N with tert-alkyl or cyclic N) is 1. The van der Waals surface area contributed by atoms with Crippen molar-refractivity contribution in [2.75, 3.05) is 39.8 Å². The molecule has 1 saturated heterocycles. The number of oxime groups is 1. The fourth-order valence-corrected chi connectivity index (χ4v) is 5.05. The van der Waals surface area contributed by atoms with Crippen LogP contribution < -0.4 is 5.32 Å². The molecule has 2 amide bonds. The zero-order valence-corrected chi connectivity index (χ0v) is 21.6. The van der Waals surface area contributed by atoms with Crippen LogP contribution in [-0.2, 0) is 29.0 Å².